The van der Waals surface area contributed by atoms with Gasteiger partial charge in [0.15, 0.2) is 0 Å². The third-order valence-electron chi connectivity index (χ3n) is 6.78. The summed E-state index contributed by atoms with van der Waals surface area (Å²) in [4.78, 5) is 2.38. The largest absolute Gasteiger partial charge is 0.397 e. The van der Waals surface area contributed by atoms with E-state index >= 15 is 0 Å². The lowest BCUT2D eigenvalue weighted by Crippen LogP contribution is -2.32. The summed E-state index contributed by atoms with van der Waals surface area (Å²) >= 11 is 0. The second kappa shape index (κ2) is 15.0. The second-order valence-electron chi connectivity index (χ2n) is 9.80. The first-order valence-electron chi connectivity index (χ1n) is 13.3. The molecule has 2 aliphatic rings. The Morgan fingerprint density at radius 3 is 2.29 bits per heavy atom. The van der Waals surface area contributed by atoms with Crippen molar-refractivity contribution in [3.05, 3.63) is 121 Å². The molecular formula is C32H42FN5. The molecule has 0 spiro atoms. The molecule has 0 aromatic heterocycles. The number of rotatable bonds is 8. The Bertz CT molecular complexity index is 1150. The minimum atomic E-state index is -0.0370. The third-order valence-corrected chi connectivity index (χ3v) is 6.78. The molecule has 5 nitrogen and oxygen atoms in total. The number of nitrogens with one attached hydrogen (secondary N) is 1. The highest BCUT2D eigenvalue weighted by molar-refractivity contribution is 5.66. The minimum absolute atomic E-state index is 0.0370. The number of nitrogens with zero attached hydrogens (tertiary/aromatic N) is 2. The summed E-state index contributed by atoms with van der Waals surface area (Å²) in [6.07, 6.45) is 6.58. The fourth-order valence-electron chi connectivity index (χ4n) is 4.47. The zero-order valence-corrected chi connectivity index (χ0v) is 22.5. The Hall–Kier alpha value is -3.61. The zero-order chi connectivity index (χ0) is 27.3. The van der Waals surface area contributed by atoms with E-state index in [2.05, 4.69) is 54.7 Å². The molecular weight excluding hydrogens is 473 g/mol. The molecule has 0 radical (unpaired) electrons. The Balaban J connectivity index is 0.000000163. The average molecular weight is 516 g/mol. The van der Waals surface area contributed by atoms with E-state index in [9.17, 15) is 4.39 Å². The highest BCUT2D eigenvalue weighted by Crippen LogP contribution is 2.40. The molecule has 6 heteroatoms. The van der Waals surface area contributed by atoms with Gasteiger partial charge >= 0.3 is 0 Å². The van der Waals surface area contributed by atoms with Gasteiger partial charge < -0.3 is 16.1 Å². The Labute approximate surface area is 227 Å². The van der Waals surface area contributed by atoms with Crippen LogP contribution in [0.25, 0.3) is 0 Å². The molecule has 1 aliphatic carbocycles. The van der Waals surface area contributed by atoms with Crippen molar-refractivity contribution in [1.29, 1.82) is 0 Å². The third kappa shape index (κ3) is 9.05. The van der Waals surface area contributed by atoms with Crippen molar-refractivity contribution < 1.29 is 4.39 Å². The van der Waals surface area contributed by atoms with Crippen LogP contribution in [0.2, 0.25) is 0 Å². The molecule has 3 aromatic rings. The quantitative estimate of drug-likeness (QED) is 0.144. The lowest BCUT2D eigenvalue weighted by atomic mass is 10.1. The van der Waals surface area contributed by atoms with Crippen LogP contribution >= 0.6 is 0 Å². The van der Waals surface area contributed by atoms with Gasteiger partial charge in [-0.05, 0) is 74.5 Å². The van der Waals surface area contributed by atoms with Crippen LogP contribution in [0.5, 0.6) is 0 Å². The maximum Gasteiger partial charge on any atom is 0.126 e. The first kappa shape index (κ1) is 29.0. The van der Waals surface area contributed by atoms with E-state index in [4.69, 9.17) is 11.6 Å². The van der Waals surface area contributed by atoms with Crippen molar-refractivity contribution in [1.82, 2.24) is 10.2 Å². The Kier molecular flexibility index (Phi) is 11.4. The second-order valence-corrected chi connectivity index (χ2v) is 9.80. The van der Waals surface area contributed by atoms with Gasteiger partial charge in [-0.1, -0.05) is 73.3 Å². The highest BCUT2D eigenvalue weighted by atomic mass is 19.1. The van der Waals surface area contributed by atoms with Gasteiger partial charge in [0.1, 0.15) is 5.82 Å². The van der Waals surface area contributed by atoms with Crippen LogP contribution in [-0.2, 0) is 6.54 Å². The fraction of sp³-hybridized carbons (Fsp3) is 0.312. The molecule has 0 amide bonds. The maximum absolute atomic E-state index is 12.9. The minimum Gasteiger partial charge on any atom is -0.397 e. The summed E-state index contributed by atoms with van der Waals surface area (Å²) in [5.41, 5.74) is 10.6. The molecule has 1 aliphatic heterocycles. The smallest absolute Gasteiger partial charge is 0.126 e. The normalized spacial score (nSPS) is 16.3. The van der Waals surface area contributed by atoms with Gasteiger partial charge in [-0.25, -0.2) is 10.2 Å². The number of nitrogen functional groups attached to an aromatic ring is 1. The van der Waals surface area contributed by atoms with Crippen LogP contribution in [0.15, 0.2) is 104 Å². The van der Waals surface area contributed by atoms with Gasteiger partial charge in [-0.3, -0.25) is 4.90 Å². The number of hydrazine groups is 1. The van der Waals surface area contributed by atoms with Crippen molar-refractivity contribution in [2.75, 3.05) is 30.9 Å². The topological polar surface area (TPSA) is 70.5 Å². The predicted octanol–water partition coefficient (Wildman–Crippen LogP) is 6.22. The number of halogens is 1. The summed E-state index contributed by atoms with van der Waals surface area (Å²) in [7, 11) is 2.17. The monoisotopic (exact) mass is 515 g/mol. The van der Waals surface area contributed by atoms with Crippen LogP contribution in [0.3, 0.4) is 0 Å². The number of anilines is 2. The van der Waals surface area contributed by atoms with Crippen molar-refractivity contribution in [3.8, 4) is 0 Å². The summed E-state index contributed by atoms with van der Waals surface area (Å²) in [5, 5.41) is 4.99. The first-order valence-corrected chi connectivity index (χ1v) is 13.3. The zero-order valence-electron chi connectivity index (χ0n) is 22.5. The molecule has 1 saturated heterocycles. The molecule has 5 rings (SSSR count). The molecule has 1 saturated carbocycles. The van der Waals surface area contributed by atoms with E-state index in [1.54, 1.807) is 17.2 Å². The number of hydrogen-bond donors (Lipinski definition) is 3. The Morgan fingerprint density at radius 2 is 1.68 bits per heavy atom. The highest BCUT2D eigenvalue weighted by Gasteiger charge is 2.25. The average Bonchev–Trinajstić information content (AvgIpc) is 3.68. The van der Waals surface area contributed by atoms with E-state index in [1.807, 2.05) is 42.5 Å². The standard InChI is InChI=1S/C14H20N2.C9H9F.C9H13N3/c1-12(14-9-6-10-16(14)2)15-11-13-7-4-3-5-8-13;10-9-4-2-1-3-8(9)7-5-6-7;1-2-7-12(11)9-6-4-3-5-8(9)10/h3-5,7-8,14-15H,1,6,9-11H2,2H3;1-4,7H,5-6H2;2-6H,1,7,10-11H2. The van der Waals surface area contributed by atoms with Gasteiger partial charge in [-0.15, -0.1) is 6.58 Å². The van der Waals surface area contributed by atoms with Crippen molar-refractivity contribution in [2.45, 2.75) is 44.2 Å². The summed E-state index contributed by atoms with van der Waals surface area (Å²) < 4.78 is 12.9. The van der Waals surface area contributed by atoms with E-state index in [1.165, 1.54) is 43.9 Å². The summed E-state index contributed by atoms with van der Waals surface area (Å²) in [6, 6.07) is 25.5. The van der Waals surface area contributed by atoms with Crippen LogP contribution in [0, 0.1) is 5.82 Å². The number of likely N-dealkylation sites (tertiary alicyclic amines) is 1. The van der Waals surface area contributed by atoms with Gasteiger partial charge in [0, 0.05) is 18.3 Å². The first-order chi connectivity index (χ1) is 18.4. The van der Waals surface area contributed by atoms with Crippen LogP contribution in [-0.4, -0.2) is 31.1 Å². The molecule has 1 heterocycles. The molecule has 1 atom stereocenters. The number of benzene rings is 3. The van der Waals surface area contributed by atoms with Gasteiger partial charge in [0.2, 0.25) is 0 Å². The Morgan fingerprint density at radius 1 is 1.03 bits per heavy atom. The molecule has 3 aromatic carbocycles. The van der Waals surface area contributed by atoms with Gasteiger partial charge in [-0.2, -0.15) is 0 Å². The van der Waals surface area contributed by atoms with E-state index in [-0.39, 0.29) is 5.82 Å². The van der Waals surface area contributed by atoms with Crippen LogP contribution < -0.4 is 21.9 Å². The fourth-order valence-corrected chi connectivity index (χ4v) is 4.47. The van der Waals surface area contributed by atoms with E-state index < -0.39 is 0 Å². The van der Waals surface area contributed by atoms with Gasteiger partial charge in [0.25, 0.3) is 0 Å². The molecule has 5 N–H and O–H groups in total. The van der Waals surface area contributed by atoms with Crippen molar-refractivity contribution in [3.63, 3.8) is 0 Å². The van der Waals surface area contributed by atoms with Gasteiger partial charge in [0.05, 0.1) is 17.9 Å². The van der Waals surface area contributed by atoms with Crippen molar-refractivity contribution >= 4 is 11.4 Å². The maximum atomic E-state index is 12.9. The van der Waals surface area contributed by atoms with E-state index in [0.717, 1.165) is 23.5 Å². The van der Waals surface area contributed by atoms with Crippen molar-refractivity contribution in [2.24, 2.45) is 5.84 Å². The lowest BCUT2D eigenvalue weighted by molar-refractivity contribution is 0.334. The summed E-state index contributed by atoms with van der Waals surface area (Å²) in [6.45, 7) is 10.4. The van der Waals surface area contributed by atoms with Crippen LogP contribution in [0.1, 0.15) is 42.7 Å². The SMILES string of the molecule is C=C(NCc1ccccc1)C1CCCN1C.C=CCN(N)c1ccccc1N.Fc1ccccc1C1CC1. The molecule has 1 unspecified atom stereocenters. The molecule has 0 bridgehead atoms. The summed E-state index contributed by atoms with van der Waals surface area (Å²) in [5.74, 6) is 6.18. The number of nitrogens with two attached hydrogens (primary N) is 2. The molecule has 2 fully saturated rings. The number of para-hydroxylation sites is 2. The number of likely N-dealkylation sites (N-methyl/N-ethyl adjacent to an activating group) is 1. The number of hydrogen-bond acceptors (Lipinski definition) is 5. The molecule has 202 valence electrons. The lowest BCUT2D eigenvalue weighted by Gasteiger charge is -2.22. The predicted molar refractivity (Wildman–Crippen MR) is 159 cm³/mol. The van der Waals surface area contributed by atoms with Crippen LogP contribution in [0.4, 0.5) is 15.8 Å². The molecule has 38 heavy (non-hydrogen) atoms. The van der Waals surface area contributed by atoms with E-state index in [0.29, 0.717) is 24.2 Å².